The van der Waals surface area contributed by atoms with Crippen molar-refractivity contribution in [3.8, 4) is 11.8 Å². The maximum absolute atomic E-state index is 9.43. The van der Waals surface area contributed by atoms with Crippen LogP contribution in [0, 0.1) is 11.3 Å². The quantitative estimate of drug-likeness (QED) is 0.725. The van der Waals surface area contributed by atoms with Crippen LogP contribution in [0.1, 0.15) is 39.2 Å². The van der Waals surface area contributed by atoms with Gasteiger partial charge in [0, 0.05) is 0 Å². The number of benzene rings is 1. The lowest BCUT2D eigenvalue weighted by atomic mass is 9.80. The van der Waals surface area contributed by atoms with Crippen LogP contribution in [0.4, 0.5) is 0 Å². The van der Waals surface area contributed by atoms with Crippen molar-refractivity contribution in [2.75, 3.05) is 7.11 Å². The van der Waals surface area contributed by atoms with Gasteiger partial charge in [0.25, 0.3) is 0 Å². The van der Waals surface area contributed by atoms with Crippen LogP contribution < -0.4 is 4.74 Å². The molecule has 0 fully saturated rings. The van der Waals surface area contributed by atoms with Crippen molar-refractivity contribution < 1.29 is 4.74 Å². The minimum atomic E-state index is -0.432. The summed E-state index contributed by atoms with van der Waals surface area (Å²) < 4.78 is 5.14. The van der Waals surface area contributed by atoms with E-state index >= 15 is 0 Å². The molecule has 0 saturated heterocycles. The standard InChI is InChI=1S/C16H21NO/c1-13(2)6-5-11-16(3,12-17)14-7-9-15(18-4)10-8-14/h6-10H,5,11H2,1-4H3. The van der Waals surface area contributed by atoms with Gasteiger partial charge in [-0.05, 0) is 51.3 Å². The number of nitriles is 1. The molecule has 96 valence electrons. The van der Waals surface area contributed by atoms with Gasteiger partial charge in [0.2, 0.25) is 0 Å². The van der Waals surface area contributed by atoms with Gasteiger partial charge in [-0.25, -0.2) is 0 Å². The van der Waals surface area contributed by atoms with Crippen LogP contribution in [0.2, 0.25) is 0 Å². The van der Waals surface area contributed by atoms with Crippen LogP contribution in [-0.2, 0) is 5.41 Å². The fourth-order valence-corrected chi connectivity index (χ4v) is 1.87. The Bertz CT molecular complexity index is 449. The minimum Gasteiger partial charge on any atom is -0.497 e. The van der Waals surface area contributed by atoms with Crippen molar-refractivity contribution >= 4 is 0 Å². The van der Waals surface area contributed by atoms with E-state index in [1.807, 2.05) is 31.2 Å². The van der Waals surface area contributed by atoms with Crippen LogP contribution in [0.15, 0.2) is 35.9 Å². The van der Waals surface area contributed by atoms with Crippen LogP contribution in [-0.4, -0.2) is 7.11 Å². The van der Waals surface area contributed by atoms with Crippen LogP contribution in [0.5, 0.6) is 5.75 Å². The maximum Gasteiger partial charge on any atom is 0.118 e. The highest BCUT2D eigenvalue weighted by Crippen LogP contribution is 2.30. The third-order valence-electron chi connectivity index (χ3n) is 3.17. The van der Waals surface area contributed by atoms with Gasteiger partial charge in [-0.15, -0.1) is 0 Å². The van der Waals surface area contributed by atoms with Gasteiger partial charge in [0.05, 0.1) is 18.6 Å². The lowest BCUT2D eigenvalue weighted by Gasteiger charge is -2.21. The van der Waals surface area contributed by atoms with Crippen LogP contribution in [0.3, 0.4) is 0 Å². The van der Waals surface area contributed by atoms with E-state index in [4.69, 9.17) is 4.74 Å². The van der Waals surface area contributed by atoms with E-state index in [0.717, 1.165) is 24.2 Å². The van der Waals surface area contributed by atoms with E-state index in [9.17, 15) is 5.26 Å². The first-order valence-electron chi connectivity index (χ1n) is 6.21. The summed E-state index contributed by atoms with van der Waals surface area (Å²) in [5, 5.41) is 9.43. The molecule has 18 heavy (non-hydrogen) atoms. The lowest BCUT2D eigenvalue weighted by molar-refractivity contribution is 0.414. The van der Waals surface area contributed by atoms with Crippen molar-refractivity contribution in [3.63, 3.8) is 0 Å². The molecule has 0 bridgehead atoms. The van der Waals surface area contributed by atoms with Crippen LogP contribution in [0.25, 0.3) is 0 Å². The molecule has 1 rings (SSSR count). The minimum absolute atomic E-state index is 0.432. The molecule has 0 heterocycles. The smallest absolute Gasteiger partial charge is 0.118 e. The lowest BCUT2D eigenvalue weighted by Crippen LogP contribution is -2.19. The van der Waals surface area contributed by atoms with Crippen molar-refractivity contribution in [2.24, 2.45) is 0 Å². The van der Waals surface area contributed by atoms with E-state index in [1.165, 1.54) is 5.57 Å². The molecule has 1 aromatic carbocycles. The number of methoxy groups -OCH3 is 1. The Morgan fingerprint density at radius 3 is 2.39 bits per heavy atom. The molecule has 0 aliphatic rings. The maximum atomic E-state index is 9.43. The Morgan fingerprint density at radius 1 is 1.33 bits per heavy atom. The predicted molar refractivity (Wildman–Crippen MR) is 74.6 cm³/mol. The summed E-state index contributed by atoms with van der Waals surface area (Å²) in [6, 6.07) is 10.2. The second kappa shape index (κ2) is 6.26. The summed E-state index contributed by atoms with van der Waals surface area (Å²) in [5.41, 5.74) is 1.91. The fourth-order valence-electron chi connectivity index (χ4n) is 1.87. The van der Waals surface area contributed by atoms with Gasteiger partial charge in [-0.2, -0.15) is 5.26 Å². The second-order valence-electron chi connectivity index (χ2n) is 4.99. The zero-order valence-electron chi connectivity index (χ0n) is 11.7. The monoisotopic (exact) mass is 243 g/mol. The van der Waals surface area contributed by atoms with Crippen molar-refractivity contribution in [2.45, 2.75) is 39.0 Å². The molecule has 1 aromatic rings. The molecule has 0 spiro atoms. The van der Waals surface area contributed by atoms with E-state index in [2.05, 4.69) is 26.0 Å². The number of hydrogen-bond donors (Lipinski definition) is 0. The fraction of sp³-hybridized carbons (Fsp3) is 0.438. The molecule has 2 nitrogen and oxygen atoms in total. The molecular formula is C16H21NO. The van der Waals surface area contributed by atoms with Gasteiger partial charge in [0.1, 0.15) is 5.75 Å². The Morgan fingerprint density at radius 2 is 1.94 bits per heavy atom. The largest absolute Gasteiger partial charge is 0.497 e. The Balaban J connectivity index is 2.86. The molecule has 0 radical (unpaired) electrons. The van der Waals surface area contributed by atoms with Gasteiger partial charge >= 0.3 is 0 Å². The number of rotatable bonds is 5. The molecule has 0 aliphatic carbocycles. The van der Waals surface area contributed by atoms with Crippen molar-refractivity contribution in [1.29, 1.82) is 5.26 Å². The Labute approximate surface area is 110 Å². The average molecular weight is 243 g/mol. The number of allylic oxidation sites excluding steroid dienone is 2. The highest BCUT2D eigenvalue weighted by atomic mass is 16.5. The van der Waals surface area contributed by atoms with Gasteiger partial charge in [-0.3, -0.25) is 0 Å². The third-order valence-corrected chi connectivity index (χ3v) is 3.17. The van der Waals surface area contributed by atoms with Crippen molar-refractivity contribution in [1.82, 2.24) is 0 Å². The van der Waals surface area contributed by atoms with Crippen LogP contribution >= 0.6 is 0 Å². The molecule has 0 aromatic heterocycles. The summed E-state index contributed by atoms with van der Waals surface area (Å²) in [5.74, 6) is 0.823. The summed E-state index contributed by atoms with van der Waals surface area (Å²) in [4.78, 5) is 0. The molecule has 1 atom stereocenters. The SMILES string of the molecule is COc1ccc(C(C)(C#N)CCC=C(C)C)cc1. The first-order chi connectivity index (χ1) is 8.51. The van der Waals surface area contributed by atoms with Gasteiger partial charge in [0.15, 0.2) is 0 Å². The number of hydrogen-bond acceptors (Lipinski definition) is 2. The van der Waals surface area contributed by atoms with Gasteiger partial charge < -0.3 is 4.74 Å². The van der Waals surface area contributed by atoms with E-state index in [-0.39, 0.29) is 0 Å². The topological polar surface area (TPSA) is 33.0 Å². The predicted octanol–water partition coefficient (Wildman–Crippen LogP) is 4.22. The number of ether oxygens (including phenoxy) is 1. The normalized spacial score (nSPS) is 13.3. The summed E-state index contributed by atoms with van der Waals surface area (Å²) in [7, 11) is 1.65. The molecular weight excluding hydrogens is 222 g/mol. The van der Waals surface area contributed by atoms with Crippen molar-refractivity contribution in [3.05, 3.63) is 41.5 Å². The summed E-state index contributed by atoms with van der Waals surface area (Å²) in [6.45, 7) is 6.15. The average Bonchev–Trinajstić information content (AvgIpc) is 2.38. The highest BCUT2D eigenvalue weighted by Gasteiger charge is 2.25. The highest BCUT2D eigenvalue weighted by molar-refractivity contribution is 5.36. The molecule has 2 heteroatoms. The number of nitrogens with zero attached hydrogens (tertiary/aromatic N) is 1. The Hall–Kier alpha value is -1.75. The second-order valence-corrected chi connectivity index (χ2v) is 4.99. The molecule has 1 unspecified atom stereocenters. The molecule has 0 amide bonds. The zero-order chi connectivity index (χ0) is 13.6. The first-order valence-corrected chi connectivity index (χ1v) is 6.21. The summed E-state index contributed by atoms with van der Waals surface area (Å²) >= 11 is 0. The van der Waals surface area contributed by atoms with Gasteiger partial charge in [-0.1, -0.05) is 23.8 Å². The van der Waals surface area contributed by atoms with E-state index in [0.29, 0.717) is 0 Å². The first kappa shape index (κ1) is 14.3. The Kier molecular flexibility index (Phi) is 4.97. The molecule has 0 aliphatic heterocycles. The molecule has 0 saturated carbocycles. The zero-order valence-corrected chi connectivity index (χ0v) is 11.7. The third kappa shape index (κ3) is 3.63. The van der Waals surface area contributed by atoms with E-state index < -0.39 is 5.41 Å². The molecule has 0 N–H and O–H groups in total. The summed E-state index contributed by atoms with van der Waals surface area (Å²) in [6.07, 6.45) is 3.94. The van der Waals surface area contributed by atoms with E-state index in [1.54, 1.807) is 7.11 Å².